The molecule has 18 heavy (non-hydrogen) atoms. The van der Waals surface area contributed by atoms with Gasteiger partial charge in [0.2, 0.25) is 0 Å². The Kier molecular flexibility index (Phi) is 6.54. The third kappa shape index (κ3) is 4.55. The van der Waals surface area contributed by atoms with Gasteiger partial charge < -0.3 is 19.5 Å². The van der Waals surface area contributed by atoms with Gasteiger partial charge in [0.25, 0.3) is 0 Å². The predicted molar refractivity (Wildman–Crippen MR) is 72.3 cm³/mol. The summed E-state index contributed by atoms with van der Waals surface area (Å²) in [7, 11) is 3.30. The lowest BCUT2D eigenvalue weighted by Gasteiger charge is -2.13. The molecule has 1 aromatic rings. The Morgan fingerprint density at radius 3 is 2.56 bits per heavy atom. The zero-order valence-electron chi connectivity index (χ0n) is 11.7. The van der Waals surface area contributed by atoms with Crippen LogP contribution >= 0.6 is 0 Å². The fraction of sp³-hybridized carbons (Fsp3) is 0.571. The molecule has 0 aliphatic heterocycles. The van der Waals surface area contributed by atoms with Gasteiger partial charge >= 0.3 is 0 Å². The van der Waals surface area contributed by atoms with E-state index in [1.807, 2.05) is 32.0 Å². The summed E-state index contributed by atoms with van der Waals surface area (Å²) in [4.78, 5) is 0. The molecule has 0 unspecified atom stereocenters. The van der Waals surface area contributed by atoms with Crippen molar-refractivity contribution in [2.24, 2.45) is 0 Å². The summed E-state index contributed by atoms with van der Waals surface area (Å²) < 4.78 is 16.1. The van der Waals surface area contributed by atoms with E-state index in [9.17, 15) is 0 Å². The van der Waals surface area contributed by atoms with Gasteiger partial charge in [0, 0.05) is 18.7 Å². The van der Waals surface area contributed by atoms with Crippen LogP contribution in [0.5, 0.6) is 11.5 Å². The van der Waals surface area contributed by atoms with E-state index in [-0.39, 0.29) is 6.10 Å². The Balaban J connectivity index is 2.46. The molecule has 1 aromatic carbocycles. The lowest BCUT2D eigenvalue weighted by molar-refractivity contribution is 0.0807. The fourth-order valence-corrected chi connectivity index (χ4v) is 1.68. The molecule has 0 heterocycles. The molecule has 0 saturated carbocycles. The Morgan fingerprint density at radius 2 is 1.94 bits per heavy atom. The first-order valence-electron chi connectivity index (χ1n) is 6.21. The van der Waals surface area contributed by atoms with Crippen LogP contribution in [0.15, 0.2) is 18.2 Å². The number of methoxy groups -OCH3 is 2. The Bertz CT molecular complexity index is 353. The minimum atomic E-state index is 0.276. The fourth-order valence-electron chi connectivity index (χ4n) is 1.68. The number of ether oxygens (including phenoxy) is 3. The molecule has 4 nitrogen and oxygen atoms in total. The van der Waals surface area contributed by atoms with Crippen LogP contribution in [0.25, 0.3) is 0 Å². The first-order chi connectivity index (χ1) is 8.69. The number of nitrogens with one attached hydrogen (secondary N) is 1. The van der Waals surface area contributed by atoms with Crippen LogP contribution < -0.4 is 14.8 Å². The van der Waals surface area contributed by atoms with Crippen LogP contribution in [0.4, 0.5) is 0 Å². The molecule has 0 saturated heterocycles. The van der Waals surface area contributed by atoms with Crippen LogP contribution in [-0.4, -0.2) is 33.5 Å². The highest BCUT2D eigenvalue weighted by Crippen LogP contribution is 2.30. The van der Waals surface area contributed by atoms with E-state index < -0.39 is 0 Å². The highest BCUT2D eigenvalue weighted by Gasteiger charge is 2.08. The molecular formula is C14H23NO3. The monoisotopic (exact) mass is 253 g/mol. The van der Waals surface area contributed by atoms with E-state index >= 15 is 0 Å². The van der Waals surface area contributed by atoms with Gasteiger partial charge in [-0.1, -0.05) is 12.1 Å². The van der Waals surface area contributed by atoms with Crippen molar-refractivity contribution in [1.29, 1.82) is 0 Å². The largest absolute Gasteiger partial charge is 0.493 e. The van der Waals surface area contributed by atoms with Gasteiger partial charge in [-0.15, -0.1) is 0 Å². The zero-order valence-corrected chi connectivity index (χ0v) is 11.7. The molecule has 1 rings (SSSR count). The quantitative estimate of drug-likeness (QED) is 0.721. The zero-order chi connectivity index (χ0) is 13.4. The summed E-state index contributed by atoms with van der Waals surface area (Å²) in [5.41, 5.74) is 1.08. The van der Waals surface area contributed by atoms with E-state index in [2.05, 4.69) is 5.32 Å². The molecular weight excluding hydrogens is 230 g/mol. The summed E-state index contributed by atoms with van der Waals surface area (Å²) in [5, 5.41) is 3.32. The minimum Gasteiger partial charge on any atom is -0.493 e. The first-order valence-corrected chi connectivity index (χ1v) is 6.21. The van der Waals surface area contributed by atoms with Gasteiger partial charge in [-0.05, 0) is 19.9 Å². The van der Waals surface area contributed by atoms with Gasteiger partial charge in [0.1, 0.15) is 0 Å². The van der Waals surface area contributed by atoms with Crippen LogP contribution in [0, 0.1) is 0 Å². The molecule has 0 atom stereocenters. The molecule has 4 heteroatoms. The molecule has 102 valence electrons. The maximum absolute atomic E-state index is 5.46. The van der Waals surface area contributed by atoms with Crippen molar-refractivity contribution in [3.63, 3.8) is 0 Å². The van der Waals surface area contributed by atoms with Crippen molar-refractivity contribution in [2.45, 2.75) is 26.5 Å². The highest BCUT2D eigenvalue weighted by atomic mass is 16.5. The summed E-state index contributed by atoms with van der Waals surface area (Å²) in [6, 6.07) is 5.88. The lowest BCUT2D eigenvalue weighted by Crippen LogP contribution is -2.21. The van der Waals surface area contributed by atoms with Gasteiger partial charge in [-0.25, -0.2) is 0 Å². The van der Waals surface area contributed by atoms with E-state index in [4.69, 9.17) is 14.2 Å². The maximum Gasteiger partial charge on any atom is 0.165 e. The van der Waals surface area contributed by atoms with Crippen LogP contribution in [0.3, 0.4) is 0 Å². The summed E-state index contributed by atoms with van der Waals surface area (Å²) >= 11 is 0. The van der Waals surface area contributed by atoms with Gasteiger partial charge in [0.05, 0.1) is 26.9 Å². The standard InChI is InChI=1S/C14H23NO3/c1-11(2)18-9-8-15-10-12-6-5-7-13(16-3)14(12)17-4/h5-7,11,15H,8-10H2,1-4H3. The molecule has 0 radical (unpaired) electrons. The second-order valence-electron chi connectivity index (χ2n) is 4.25. The van der Waals surface area contributed by atoms with Crippen LogP contribution in [0.2, 0.25) is 0 Å². The SMILES string of the molecule is COc1cccc(CNCCOC(C)C)c1OC. The average molecular weight is 253 g/mol. The molecule has 0 bridgehead atoms. The summed E-state index contributed by atoms with van der Waals surface area (Å²) in [6.07, 6.45) is 0.276. The second-order valence-corrected chi connectivity index (χ2v) is 4.25. The van der Waals surface area contributed by atoms with Crippen LogP contribution in [-0.2, 0) is 11.3 Å². The first kappa shape index (κ1) is 14.8. The van der Waals surface area contributed by atoms with Gasteiger partial charge in [0.15, 0.2) is 11.5 Å². The van der Waals surface area contributed by atoms with Crippen molar-refractivity contribution in [2.75, 3.05) is 27.4 Å². The number of benzene rings is 1. The summed E-state index contributed by atoms with van der Waals surface area (Å²) in [5.74, 6) is 1.55. The maximum atomic E-state index is 5.46. The minimum absolute atomic E-state index is 0.276. The molecule has 0 amide bonds. The number of rotatable bonds is 8. The van der Waals surface area contributed by atoms with E-state index in [1.165, 1.54) is 0 Å². The van der Waals surface area contributed by atoms with E-state index in [0.717, 1.165) is 30.2 Å². The third-order valence-electron chi connectivity index (χ3n) is 2.53. The van der Waals surface area contributed by atoms with Gasteiger partial charge in [-0.3, -0.25) is 0 Å². The molecule has 0 fully saturated rings. The van der Waals surface area contributed by atoms with Crippen molar-refractivity contribution < 1.29 is 14.2 Å². The van der Waals surface area contributed by atoms with Crippen molar-refractivity contribution in [3.05, 3.63) is 23.8 Å². The predicted octanol–water partition coefficient (Wildman–Crippen LogP) is 2.22. The van der Waals surface area contributed by atoms with E-state index in [0.29, 0.717) is 6.61 Å². The lowest BCUT2D eigenvalue weighted by atomic mass is 10.2. The Hall–Kier alpha value is -1.26. The Morgan fingerprint density at radius 1 is 1.17 bits per heavy atom. The molecule has 1 N–H and O–H groups in total. The second kappa shape index (κ2) is 7.95. The molecule has 0 aliphatic carbocycles. The number of hydrogen-bond acceptors (Lipinski definition) is 4. The molecule has 0 spiro atoms. The smallest absolute Gasteiger partial charge is 0.165 e. The normalized spacial score (nSPS) is 10.7. The number of para-hydroxylation sites is 1. The molecule has 0 aromatic heterocycles. The average Bonchev–Trinajstić information content (AvgIpc) is 2.37. The van der Waals surface area contributed by atoms with Crippen molar-refractivity contribution in [3.8, 4) is 11.5 Å². The van der Waals surface area contributed by atoms with Crippen molar-refractivity contribution in [1.82, 2.24) is 5.32 Å². The number of hydrogen-bond donors (Lipinski definition) is 1. The van der Waals surface area contributed by atoms with Gasteiger partial charge in [-0.2, -0.15) is 0 Å². The van der Waals surface area contributed by atoms with Crippen molar-refractivity contribution >= 4 is 0 Å². The molecule has 0 aliphatic rings. The van der Waals surface area contributed by atoms with E-state index in [1.54, 1.807) is 14.2 Å². The Labute approximate surface area is 109 Å². The summed E-state index contributed by atoms with van der Waals surface area (Å²) in [6.45, 7) is 6.33. The third-order valence-corrected chi connectivity index (χ3v) is 2.53. The van der Waals surface area contributed by atoms with Crippen LogP contribution in [0.1, 0.15) is 19.4 Å². The topological polar surface area (TPSA) is 39.7 Å². The highest BCUT2D eigenvalue weighted by molar-refractivity contribution is 5.46.